The first kappa shape index (κ1) is 10.4. The van der Waals surface area contributed by atoms with Gasteiger partial charge in [0.1, 0.15) is 12.4 Å². The van der Waals surface area contributed by atoms with Crippen molar-refractivity contribution < 1.29 is 9.13 Å². The van der Waals surface area contributed by atoms with Gasteiger partial charge in [0.05, 0.1) is 0 Å². The summed E-state index contributed by atoms with van der Waals surface area (Å²) in [6.45, 7) is 0.281. The van der Waals surface area contributed by atoms with Crippen LogP contribution in [0.5, 0.6) is 6.01 Å². The van der Waals surface area contributed by atoms with Gasteiger partial charge in [-0.2, -0.15) is 14.4 Å². The molecule has 0 saturated heterocycles. The number of benzene rings is 1. The number of nitrogens with zero attached hydrogens (tertiary/aromatic N) is 2. The molecule has 2 N–H and O–H groups in total. The van der Waals surface area contributed by atoms with Gasteiger partial charge in [-0.05, 0) is 5.56 Å². The topological polar surface area (TPSA) is 61.0 Å². The molecule has 1 aromatic carbocycles. The Balaban J connectivity index is 2.05. The Labute approximate surface area is 91.9 Å². The van der Waals surface area contributed by atoms with Crippen LogP contribution < -0.4 is 10.5 Å². The monoisotopic (exact) mass is 219 g/mol. The van der Waals surface area contributed by atoms with Gasteiger partial charge in [-0.25, -0.2) is 0 Å². The van der Waals surface area contributed by atoms with Crippen LogP contribution in [0.25, 0.3) is 0 Å². The van der Waals surface area contributed by atoms with Crippen LogP contribution in [0, 0.1) is 5.95 Å². The molecule has 0 aliphatic rings. The van der Waals surface area contributed by atoms with Crippen LogP contribution in [0.1, 0.15) is 5.56 Å². The zero-order valence-electron chi connectivity index (χ0n) is 8.43. The van der Waals surface area contributed by atoms with Crippen LogP contribution in [0.2, 0.25) is 0 Å². The second kappa shape index (κ2) is 4.57. The normalized spacial score (nSPS) is 10.1. The minimum atomic E-state index is -0.699. The second-order valence-corrected chi connectivity index (χ2v) is 3.17. The van der Waals surface area contributed by atoms with E-state index in [1.807, 2.05) is 30.3 Å². The van der Waals surface area contributed by atoms with Crippen LogP contribution >= 0.6 is 0 Å². The van der Waals surface area contributed by atoms with Crippen molar-refractivity contribution in [3.63, 3.8) is 0 Å². The average molecular weight is 219 g/mol. The first-order valence-corrected chi connectivity index (χ1v) is 4.71. The lowest BCUT2D eigenvalue weighted by Crippen LogP contribution is -2.03. The Bertz CT molecular complexity index is 456. The van der Waals surface area contributed by atoms with Gasteiger partial charge in [-0.3, -0.25) is 0 Å². The van der Waals surface area contributed by atoms with Crippen LogP contribution in [0.15, 0.2) is 36.4 Å². The second-order valence-electron chi connectivity index (χ2n) is 3.17. The Morgan fingerprint density at radius 2 is 1.94 bits per heavy atom. The summed E-state index contributed by atoms with van der Waals surface area (Å²) in [5, 5.41) is 0. The van der Waals surface area contributed by atoms with Gasteiger partial charge in [0, 0.05) is 6.07 Å². The highest BCUT2D eigenvalue weighted by Crippen LogP contribution is 2.09. The smallest absolute Gasteiger partial charge is 0.321 e. The minimum absolute atomic E-state index is 0.0514. The Kier molecular flexibility index (Phi) is 2.95. The molecule has 16 heavy (non-hydrogen) atoms. The number of hydrogen-bond donors (Lipinski definition) is 1. The highest BCUT2D eigenvalue weighted by atomic mass is 19.1. The fraction of sp³-hybridized carbons (Fsp3) is 0.0909. The van der Waals surface area contributed by atoms with E-state index in [2.05, 4.69) is 9.97 Å². The van der Waals surface area contributed by atoms with E-state index in [9.17, 15) is 4.39 Å². The lowest BCUT2D eigenvalue weighted by atomic mass is 10.2. The van der Waals surface area contributed by atoms with E-state index in [4.69, 9.17) is 10.5 Å². The van der Waals surface area contributed by atoms with Crippen LogP contribution in [-0.2, 0) is 6.61 Å². The van der Waals surface area contributed by atoms with Gasteiger partial charge < -0.3 is 10.5 Å². The third kappa shape index (κ3) is 2.66. The van der Waals surface area contributed by atoms with Crippen LogP contribution in [0.4, 0.5) is 10.2 Å². The van der Waals surface area contributed by atoms with Crippen molar-refractivity contribution in [3.8, 4) is 6.01 Å². The first-order valence-electron chi connectivity index (χ1n) is 4.71. The van der Waals surface area contributed by atoms with Crippen molar-refractivity contribution in [1.82, 2.24) is 9.97 Å². The lowest BCUT2D eigenvalue weighted by Gasteiger charge is -2.04. The van der Waals surface area contributed by atoms with Crippen molar-refractivity contribution in [2.75, 3.05) is 5.73 Å². The van der Waals surface area contributed by atoms with Crippen molar-refractivity contribution in [1.29, 1.82) is 0 Å². The molecule has 0 atom stereocenters. The largest absolute Gasteiger partial charge is 0.458 e. The fourth-order valence-corrected chi connectivity index (χ4v) is 1.20. The highest BCUT2D eigenvalue weighted by Gasteiger charge is 2.03. The molecule has 0 bridgehead atoms. The molecule has 0 spiro atoms. The van der Waals surface area contributed by atoms with Crippen molar-refractivity contribution in [2.24, 2.45) is 0 Å². The number of aromatic nitrogens is 2. The van der Waals surface area contributed by atoms with E-state index in [0.29, 0.717) is 0 Å². The van der Waals surface area contributed by atoms with Gasteiger partial charge in [-0.1, -0.05) is 30.3 Å². The third-order valence-electron chi connectivity index (χ3n) is 1.90. The van der Waals surface area contributed by atoms with E-state index >= 15 is 0 Å². The zero-order valence-corrected chi connectivity index (χ0v) is 8.43. The third-order valence-corrected chi connectivity index (χ3v) is 1.90. The fourth-order valence-electron chi connectivity index (χ4n) is 1.20. The molecular formula is C11H10FN3O. The number of halogens is 1. The average Bonchev–Trinajstić information content (AvgIpc) is 2.27. The summed E-state index contributed by atoms with van der Waals surface area (Å²) in [7, 11) is 0. The number of hydrogen-bond acceptors (Lipinski definition) is 4. The predicted molar refractivity (Wildman–Crippen MR) is 57.2 cm³/mol. The molecule has 4 nitrogen and oxygen atoms in total. The number of anilines is 1. The van der Waals surface area contributed by atoms with E-state index in [1.165, 1.54) is 0 Å². The summed E-state index contributed by atoms with van der Waals surface area (Å²) < 4.78 is 18.1. The Hall–Kier alpha value is -2.17. The van der Waals surface area contributed by atoms with Gasteiger partial charge >= 0.3 is 6.01 Å². The van der Waals surface area contributed by atoms with E-state index in [-0.39, 0.29) is 18.4 Å². The molecule has 0 amide bonds. The van der Waals surface area contributed by atoms with Crippen molar-refractivity contribution >= 4 is 5.82 Å². The molecule has 5 heteroatoms. The molecule has 2 rings (SSSR count). The molecular weight excluding hydrogens is 209 g/mol. The molecule has 0 aliphatic carbocycles. The Morgan fingerprint density at radius 3 is 2.62 bits per heavy atom. The van der Waals surface area contributed by atoms with Crippen molar-refractivity contribution in [3.05, 3.63) is 47.9 Å². The van der Waals surface area contributed by atoms with Crippen LogP contribution in [-0.4, -0.2) is 9.97 Å². The number of nitrogens with two attached hydrogens (primary N) is 1. The zero-order chi connectivity index (χ0) is 11.4. The molecule has 0 unspecified atom stereocenters. The number of ether oxygens (including phenoxy) is 1. The number of nitrogen functional groups attached to an aromatic ring is 1. The van der Waals surface area contributed by atoms with Gasteiger partial charge in [0.25, 0.3) is 0 Å². The van der Waals surface area contributed by atoms with E-state index in [1.54, 1.807) is 0 Å². The molecule has 1 heterocycles. The molecule has 82 valence electrons. The van der Waals surface area contributed by atoms with Gasteiger partial charge in [0.2, 0.25) is 5.95 Å². The standard InChI is InChI=1S/C11H10FN3O/c12-9-6-10(13)15-11(14-9)16-7-8-4-2-1-3-5-8/h1-6H,7H2,(H2,13,14,15). The van der Waals surface area contributed by atoms with Gasteiger partial charge in [-0.15, -0.1) is 0 Å². The number of rotatable bonds is 3. The molecule has 0 aliphatic heterocycles. The summed E-state index contributed by atoms with van der Waals surface area (Å²) in [5.74, 6) is -0.647. The molecule has 0 fully saturated rings. The maximum absolute atomic E-state index is 12.8. The summed E-state index contributed by atoms with van der Waals surface area (Å²) >= 11 is 0. The maximum atomic E-state index is 12.8. The molecule has 0 radical (unpaired) electrons. The quantitative estimate of drug-likeness (QED) is 0.799. The highest BCUT2D eigenvalue weighted by molar-refractivity contribution is 5.27. The summed E-state index contributed by atoms with van der Waals surface area (Å²) in [4.78, 5) is 7.22. The summed E-state index contributed by atoms with van der Waals surface area (Å²) in [5.41, 5.74) is 6.31. The maximum Gasteiger partial charge on any atom is 0.321 e. The Morgan fingerprint density at radius 1 is 1.19 bits per heavy atom. The van der Waals surface area contributed by atoms with Crippen LogP contribution in [0.3, 0.4) is 0 Å². The van der Waals surface area contributed by atoms with Crippen molar-refractivity contribution in [2.45, 2.75) is 6.61 Å². The SMILES string of the molecule is Nc1cc(F)nc(OCc2ccccc2)n1. The molecule has 1 aromatic heterocycles. The minimum Gasteiger partial charge on any atom is -0.458 e. The summed E-state index contributed by atoms with van der Waals surface area (Å²) in [6.07, 6.45) is 0. The van der Waals surface area contributed by atoms with E-state index < -0.39 is 5.95 Å². The predicted octanol–water partition coefficient (Wildman–Crippen LogP) is 1.78. The van der Waals surface area contributed by atoms with E-state index in [0.717, 1.165) is 11.6 Å². The molecule has 2 aromatic rings. The lowest BCUT2D eigenvalue weighted by molar-refractivity contribution is 0.276. The first-order chi connectivity index (χ1) is 7.74. The molecule has 0 saturated carbocycles. The van der Waals surface area contributed by atoms with Gasteiger partial charge in [0.15, 0.2) is 0 Å². The summed E-state index contributed by atoms with van der Waals surface area (Å²) in [6, 6.07) is 10.4.